The first-order valence-electron chi connectivity index (χ1n) is 8.52. The van der Waals surface area contributed by atoms with E-state index in [0.717, 1.165) is 22.1 Å². The summed E-state index contributed by atoms with van der Waals surface area (Å²) in [5.41, 5.74) is 3.33. The highest BCUT2D eigenvalue weighted by Crippen LogP contribution is 2.40. The SMILES string of the molecule is COC(=O)CCc1cc(OC)c2oc(-c3ccc(O)c(OC)c3)c(C)c2c1. The molecule has 1 N–H and O–H groups in total. The van der Waals surface area contributed by atoms with E-state index in [9.17, 15) is 9.90 Å². The molecular formula is C21H22O6. The second kappa shape index (κ2) is 7.61. The predicted molar refractivity (Wildman–Crippen MR) is 101 cm³/mol. The van der Waals surface area contributed by atoms with E-state index in [1.165, 1.54) is 14.2 Å². The van der Waals surface area contributed by atoms with Crippen LogP contribution in [-0.4, -0.2) is 32.4 Å². The Morgan fingerprint density at radius 2 is 1.81 bits per heavy atom. The van der Waals surface area contributed by atoms with Crippen LogP contribution in [0.5, 0.6) is 17.2 Å². The van der Waals surface area contributed by atoms with Gasteiger partial charge in [-0.2, -0.15) is 0 Å². The minimum atomic E-state index is -0.255. The third kappa shape index (κ3) is 3.56. The molecule has 0 fully saturated rings. The molecule has 6 heteroatoms. The quantitative estimate of drug-likeness (QED) is 0.654. The largest absolute Gasteiger partial charge is 0.504 e. The summed E-state index contributed by atoms with van der Waals surface area (Å²) in [6.45, 7) is 1.96. The number of benzene rings is 2. The van der Waals surface area contributed by atoms with Gasteiger partial charge in [0.2, 0.25) is 0 Å². The van der Waals surface area contributed by atoms with Gasteiger partial charge in [0.1, 0.15) is 5.76 Å². The number of carbonyl (C=O) groups is 1. The molecule has 0 amide bonds. The van der Waals surface area contributed by atoms with Crippen molar-refractivity contribution in [3.63, 3.8) is 0 Å². The summed E-state index contributed by atoms with van der Waals surface area (Å²) in [6, 6.07) is 8.94. The molecule has 0 spiro atoms. The number of phenolic OH excluding ortho intramolecular Hbond substituents is 1. The van der Waals surface area contributed by atoms with E-state index in [0.29, 0.717) is 35.7 Å². The highest BCUT2D eigenvalue weighted by molar-refractivity contribution is 5.92. The lowest BCUT2D eigenvalue weighted by Gasteiger charge is -2.05. The van der Waals surface area contributed by atoms with Crippen LogP contribution in [0.3, 0.4) is 0 Å². The third-order valence-electron chi connectivity index (χ3n) is 4.57. The van der Waals surface area contributed by atoms with Gasteiger partial charge >= 0.3 is 5.97 Å². The summed E-state index contributed by atoms with van der Waals surface area (Å²) in [7, 11) is 4.46. The Morgan fingerprint density at radius 3 is 2.48 bits per heavy atom. The summed E-state index contributed by atoms with van der Waals surface area (Å²) in [5, 5.41) is 10.7. The fourth-order valence-electron chi connectivity index (χ4n) is 3.08. The maximum atomic E-state index is 11.4. The van der Waals surface area contributed by atoms with Crippen LogP contribution in [0.2, 0.25) is 0 Å². The maximum Gasteiger partial charge on any atom is 0.305 e. The molecule has 0 aliphatic heterocycles. The van der Waals surface area contributed by atoms with Gasteiger partial charge in [-0.15, -0.1) is 0 Å². The topological polar surface area (TPSA) is 78.1 Å². The molecule has 0 aliphatic carbocycles. The van der Waals surface area contributed by atoms with Crippen molar-refractivity contribution in [3.8, 4) is 28.6 Å². The van der Waals surface area contributed by atoms with Gasteiger partial charge in [0, 0.05) is 22.9 Å². The Bertz CT molecular complexity index is 986. The highest BCUT2D eigenvalue weighted by Gasteiger charge is 2.18. The van der Waals surface area contributed by atoms with Crippen molar-refractivity contribution >= 4 is 16.9 Å². The molecule has 0 aliphatic rings. The summed E-state index contributed by atoms with van der Waals surface area (Å²) in [4.78, 5) is 11.4. The van der Waals surface area contributed by atoms with Gasteiger partial charge in [0.05, 0.1) is 21.3 Å². The molecule has 3 aromatic rings. The zero-order valence-corrected chi connectivity index (χ0v) is 15.8. The molecule has 0 saturated carbocycles. The summed E-state index contributed by atoms with van der Waals surface area (Å²) in [5.74, 6) is 1.46. The van der Waals surface area contributed by atoms with E-state index in [2.05, 4.69) is 0 Å². The minimum absolute atomic E-state index is 0.0673. The van der Waals surface area contributed by atoms with Crippen molar-refractivity contribution in [2.24, 2.45) is 0 Å². The van der Waals surface area contributed by atoms with Crippen LogP contribution in [0.15, 0.2) is 34.7 Å². The van der Waals surface area contributed by atoms with Crippen LogP contribution in [0, 0.1) is 6.92 Å². The smallest absolute Gasteiger partial charge is 0.305 e. The number of hydrogen-bond acceptors (Lipinski definition) is 6. The minimum Gasteiger partial charge on any atom is -0.504 e. The molecule has 1 aromatic heterocycles. The van der Waals surface area contributed by atoms with E-state index in [-0.39, 0.29) is 11.7 Å². The number of ether oxygens (including phenoxy) is 3. The fourth-order valence-corrected chi connectivity index (χ4v) is 3.08. The van der Waals surface area contributed by atoms with Crippen molar-refractivity contribution in [3.05, 3.63) is 41.5 Å². The number of carbonyl (C=O) groups excluding carboxylic acids is 1. The third-order valence-corrected chi connectivity index (χ3v) is 4.57. The molecule has 0 atom stereocenters. The Labute approximate surface area is 157 Å². The number of hydrogen-bond donors (Lipinski definition) is 1. The molecule has 0 bridgehead atoms. The zero-order chi connectivity index (χ0) is 19.6. The van der Waals surface area contributed by atoms with Crippen molar-refractivity contribution in [2.45, 2.75) is 19.8 Å². The average molecular weight is 370 g/mol. The van der Waals surface area contributed by atoms with Crippen LogP contribution >= 0.6 is 0 Å². The Kier molecular flexibility index (Phi) is 5.26. The first-order valence-corrected chi connectivity index (χ1v) is 8.52. The molecule has 0 saturated heterocycles. The monoisotopic (exact) mass is 370 g/mol. The number of methoxy groups -OCH3 is 3. The lowest BCUT2D eigenvalue weighted by Crippen LogP contribution is -2.02. The van der Waals surface area contributed by atoms with Gasteiger partial charge in [0.15, 0.2) is 22.8 Å². The van der Waals surface area contributed by atoms with Crippen LogP contribution < -0.4 is 9.47 Å². The van der Waals surface area contributed by atoms with Crippen LogP contribution in [0.1, 0.15) is 17.5 Å². The molecule has 0 radical (unpaired) electrons. The first kappa shape index (κ1) is 18.6. The van der Waals surface area contributed by atoms with Crippen molar-refractivity contribution < 1.29 is 28.5 Å². The lowest BCUT2D eigenvalue weighted by molar-refractivity contribution is -0.140. The van der Waals surface area contributed by atoms with Crippen molar-refractivity contribution in [1.29, 1.82) is 0 Å². The summed E-state index contributed by atoms with van der Waals surface area (Å²) >= 11 is 0. The standard InChI is InChI=1S/C21H22O6/c1-12-15-9-13(5-8-19(23)26-4)10-18(25-3)21(15)27-20(12)14-6-7-16(22)17(11-14)24-2/h6-7,9-11,22H,5,8H2,1-4H3. The van der Waals surface area contributed by atoms with Gasteiger partial charge in [-0.1, -0.05) is 0 Å². The van der Waals surface area contributed by atoms with Gasteiger partial charge in [-0.25, -0.2) is 0 Å². The zero-order valence-electron chi connectivity index (χ0n) is 15.8. The first-order chi connectivity index (χ1) is 13.0. The Hall–Kier alpha value is -3.15. The maximum absolute atomic E-state index is 11.4. The Morgan fingerprint density at radius 1 is 1.07 bits per heavy atom. The van der Waals surface area contributed by atoms with Gasteiger partial charge < -0.3 is 23.7 Å². The number of phenols is 1. The molecule has 0 unspecified atom stereocenters. The summed E-state index contributed by atoms with van der Waals surface area (Å²) < 4.78 is 21.5. The number of esters is 1. The van der Waals surface area contributed by atoms with E-state index in [1.54, 1.807) is 25.3 Å². The summed E-state index contributed by atoms with van der Waals surface area (Å²) in [6.07, 6.45) is 0.843. The average Bonchev–Trinajstić information content (AvgIpc) is 3.02. The molecule has 1 heterocycles. The van der Waals surface area contributed by atoms with E-state index >= 15 is 0 Å². The number of rotatable bonds is 6. The van der Waals surface area contributed by atoms with Crippen molar-refractivity contribution in [2.75, 3.05) is 21.3 Å². The second-order valence-electron chi connectivity index (χ2n) is 6.19. The van der Waals surface area contributed by atoms with E-state index in [1.807, 2.05) is 19.1 Å². The number of furan rings is 1. The van der Waals surface area contributed by atoms with Crippen LogP contribution in [0.25, 0.3) is 22.3 Å². The second-order valence-corrected chi connectivity index (χ2v) is 6.19. The highest BCUT2D eigenvalue weighted by atomic mass is 16.5. The normalized spacial score (nSPS) is 10.8. The molecule has 3 rings (SSSR count). The van der Waals surface area contributed by atoms with Gasteiger partial charge in [-0.05, 0) is 49.2 Å². The number of aryl methyl sites for hydroxylation is 2. The van der Waals surface area contributed by atoms with Gasteiger partial charge in [0.25, 0.3) is 0 Å². The number of aromatic hydroxyl groups is 1. The molecule has 6 nitrogen and oxygen atoms in total. The molecule has 27 heavy (non-hydrogen) atoms. The fraction of sp³-hybridized carbons (Fsp3) is 0.286. The van der Waals surface area contributed by atoms with Crippen molar-refractivity contribution in [1.82, 2.24) is 0 Å². The van der Waals surface area contributed by atoms with Crippen LogP contribution in [-0.2, 0) is 16.0 Å². The number of fused-ring (bicyclic) bond motifs is 1. The molecule has 142 valence electrons. The van der Waals surface area contributed by atoms with E-state index in [4.69, 9.17) is 18.6 Å². The van der Waals surface area contributed by atoms with Crippen LogP contribution in [0.4, 0.5) is 0 Å². The molecule has 2 aromatic carbocycles. The lowest BCUT2D eigenvalue weighted by atomic mass is 10.0. The predicted octanol–water partition coefficient (Wildman–Crippen LogP) is 4.24. The van der Waals surface area contributed by atoms with E-state index < -0.39 is 0 Å². The Balaban J connectivity index is 2.09. The van der Waals surface area contributed by atoms with Gasteiger partial charge in [-0.3, -0.25) is 4.79 Å². The molecular weight excluding hydrogens is 348 g/mol.